The van der Waals surface area contributed by atoms with E-state index in [1.165, 1.54) is 7.11 Å². The van der Waals surface area contributed by atoms with Crippen LogP contribution in [0.25, 0.3) is 0 Å². The van der Waals surface area contributed by atoms with Crippen LogP contribution in [0.1, 0.15) is 39.5 Å². The number of hydrogen-bond donors (Lipinski definition) is 1. The van der Waals surface area contributed by atoms with Gasteiger partial charge in [0.2, 0.25) is 0 Å². The van der Waals surface area contributed by atoms with Crippen LogP contribution in [0.15, 0.2) is 12.2 Å². The summed E-state index contributed by atoms with van der Waals surface area (Å²) in [5, 5.41) is 7.72. The highest BCUT2D eigenvalue weighted by atomic mass is 17.2. The van der Waals surface area contributed by atoms with Crippen LogP contribution < -0.4 is 0 Å². The SMILES string of the molecule is C=C(CCCC)C(=O)OOC.CCC(=O)O. The minimum absolute atomic E-state index is 0.222. The normalized spacial score (nSPS) is 8.69. The van der Waals surface area contributed by atoms with Gasteiger partial charge in [0.25, 0.3) is 0 Å². The Kier molecular flexibility index (Phi) is 12.5. The molecule has 0 unspecified atom stereocenters. The van der Waals surface area contributed by atoms with Crippen LogP contribution >= 0.6 is 0 Å². The van der Waals surface area contributed by atoms with E-state index in [0.717, 1.165) is 12.8 Å². The van der Waals surface area contributed by atoms with Crippen molar-refractivity contribution in [3.63, 3.8) is 0 Å². The van der Waals surface area contributed by atoms with Gasteiger partial charge in [0.15, 0.2) is 0 Å². The van der Waals surface area contributed by atoms with Crippen molar-refractivity contribution in [3.05, 3.63) is 12.2 Å². The summed E-state index contributed by atoms with van der Waals surface area (Å²) in [5.74, 6) is -1.22. The molecule has 0 saturated heterocycles. The van der Waals surface area contributed by atoms with Gasteiger partial charge in [-0.1, -0.05) is 26.8 Å². The fourth-order valence-electron chi connectivity index (χ4n) is 0.627. The van der Waals surface area contributed by atoms with Crippen LogP contribution in [-0.2, 0) is 19.4 Å². The second-order valence-electron chi connectivity index (χ2n) is 2.99. The Hall–Kier alpha value is -1.36. The number of aliphatic carboxylic acids is 1. The molecule has 0 aromatic carbocycles. The molecule has 94 valence electrons. The summed E-state index contributed by atoms with van der Waals surface area (Å²) in [5.41, 5.74) is 0.466. The zero-order chi connectivity index (χ0) is 13.0. The first-order chi connectivity index (χ1) is 7.49. The lowest BCUT2D eigenvalue weighted by molar-refractivity contribution is -0.250. The van der Waals surface area contributed by atoms with E-state index in [1.807, 2.05) is 0 Å². The van der Waals surface area contributed by atoms with E-state index in [9.17, 15) is 9.59 Å². The van der Waals surface area contributed by atoms with Gasteiger partial charge in [-0.2, -0.15) is 4.89 Å². The summed E-state index contributed by atoms with van der Waals surface area (Å²) in [6.07, 6.45) is 2.90. The van der Waals surface area contributed by atoms with Crippen LogP contribution in [0.4, 0.5) is 0 Å². The molecule has 0 aliphatic heterocycles. The highest BCUT2D eigenvalue weighted by molar-refractivity contribution is 5.87. The van der Waals surface area contributed by atoms with Gasteiger partial charge in [0.1, 0.15) is 0 Å². The summed E-state index contributed by atoms with van der Waals surface area (Å²) in [7, 11) is 1.30. The van der Waals surface area contributed by atoms with E-state index in [0.29, 0.717) is 12.0 Å². The van der Waals surface area contributed by atoms with Gasteiger partial charge in [0, 0.05) is 12.0 Å². The van der Waals surface area contributed by atoms with Gasteiger partial charge >= 0.3 is 11.9 Å². The van der Waals surface area contributed by atoms with Gasteiger partial charge < -0.3 is 5.11 Å². The van der Waals surface area contributed by atoms with E-state index < -0.39 is 11.9 Å². The van der Waals surface area contributed by atoms with Gasteiger partial charge in [-0.15, -0.1) is 0 Å². The maximum Gasteiger partial charge on any atom is 0.368 e. The van der Waals surface area contributed by atoms with E-state index in [-0.39, 0.29) is 6.42 Å². The summed E-state index contributed by atoms with van der Waals surface area (Å²) in [4.78, 5) is 28.6. The molecule has 0 amide bonds. The van der Waals surface area contributed by atoms with Crippen molar-refractivity contribution in [2.45, 2.75) is 39.5 Å². The molecule has 5 heteroatoms. The molecule has 0 aromatic rings. The van der Waals surface area contributed by atoms with Gasteiger partial charge in [-0.05, 0) is 12.8 Å². The lowest BCUT2D eigenvalue weighted by Crippen LogP contribution is -2.05. The third-order valence-corrected chi connectivity index (χ3v) is 1.58. The van der Waals surface area contributed by atoms with Crippen molar-refractivity contribution < 1.29 is 24.5 Å². The Morgan fingerprint density at radius 3 is 2.12 bits per heavy atom. The molecule has 0 aliphatic carbocycles. The van der Waals surface area contributed by atoms with Crippen molar-refractivity contribution in [1.82, 2.24) is 0 Å². The third-order valence-electron chi connectivity index (χ3n) is 1.58. The minimum atomic E-state index is -0.745. The molecule has 0 aliphatic rings. The molecule has 0 rings (SSSR count). The first-order valence-corrected chi connectivity index (χ1v) is 5.14. The number of rotatable bonds is 6. The van der Waals surface area contributed by atoms with E-state index in [4.69, 9.17) is 5.11 Å². The molecule has 0 radical (unpaired) electrons. The van der Waals surface area contributed by atoms with Crippen LogP contribution in [0.3, 0.4) is 0 Å². The highest BCUT2D eigenvalue weighted by Crippen LogP contribution is 2.06. The average molecular weight is 232 g/mol. The Labute approximate surface area is 96.0 Å². The molecular formula is C11H20O5. The molecule has 0 atom stereocenters. The molecule has 5 nitrogen and oxygen atoms in total. The molecular weight excluding hydrogens is 212 g/mol. The monoisotopic (exact) mass is 232 g/mol. The van der Waals surface area contributed by atoms with Crippen LogP contribution in [-0.4, -0.2) is 24.2 Å². The van der Waals surface area contributed by atoms with Gasteiger partial charge in [-0.3, -0.25) is 9.68 Å². The van der Waals surface area contributed by atoms with Crippen LogP contribution in [0, 0.1) is 0 Å². The Morgan fingerprint density at radius 2 is 1.81 bits per heavy atom. The zero-order valence-corrected chi connectivity index (χ0v) is 10.1. The first kappa shape index (κ1) is 17.0. The van der Waals surface area contributed by atoms with Crippen molar-refractivity contribution in [3.8, 4) is 0 Å². The summed E-state index contributed by atoms with van der Waals surface area (Å²) < 4.78 is 0. The number of unbranched alkanes of at least 4 members (excludes halogenated alkanes) is 1. The number of carboxylic acids is 1. The maximum absolute atomic E-state index is 10.8. The van der Waals surface area contributed by atoms with E-state index >= 15 is 0 Å². The molecule has 16 heavy (non-hydrogen) atoms. The van der Waals surface area contributed by atoms with Crippen LogP contribution in [0.2, 0.25) is 0 Å². The highest BCUT2D eigenvalue weighted by Gasteiger charge is 2.07. The van der Waals surface area contributed by atoms with Crippen molar-refractivity contribution in [1.29, 1.82) is 0 Å². The molecule has 1 N–H and O–H groups in total. The third kappa shape index (κ3) is 12.6. The number of carbonyl (C=O) groups is 2. The number of carbonyl (C=O) groups excluding carboxylic acids is 1. The summed E-state index contributed by atoms with van der Waals surface area (Å²) in [6, 6.07) is 0. The standard InChI is InChI=1S/C8H14O3.C3H6O2/c1-4-5-6-7(2)8(9)11-10-3;1-2-3(4)5/h2,4-6H2,1,3H3;2H2,1H3,(H,4,5). The van der Waals surface area contributed by atoms with Gasteiger partial charge in [0.05, 0.1) is 7.11 Å². The maximum atomic E-state index is 10.8. The fourth-order valence-corrected chi connectivity index (χ4v) is 0.627. The quantitative estimate of drug-likeness (QED) is 0.432. The van der Waals surface area contributed by atoms with Gasteiger partial charge in [-0.25, -0.2) is 4.79 Å². The number of carboxylic acid groups (broad SMARTS) is 1. The fraction of sp³-hybridized carbons (Fsp3) is 0.636. The second kappa shape index (κ2) is 11.7. The predicted molar refractivity (Wildman–Crippen MR) is 59.7 cm³/mol. The van der Waals surface area contributed by atoms with Crippen molar-refractivity contribution in [2.75, 3.05) is 7.11 Å². The first-order valence-electron chi connectivity index (χ1n) is 5.14. The van der Waals surface area contributed by atoms with E-state index in [2.05, 4.69) is 23.3 Å². The average Bonchev–Trinajstić information content (AvgIpc) is 2.26. The predicted octanol–water partition coefficient (Wildman–Crippen LogP) is 2.32. The smallest absolute Gasteiger partial charge is 0.368 e. The van der Waals surface area contributed by atoms with Crippen molar-refractivity contribution >= 4 is 11.9 Å². The zero-order valence-electron chi connectivity index (χ0n) is 10.1. The largest absolute Gasteiger partial charge is 0.481 e. The lowest BCUT2D eigenvalue weighted by atomic mass is 10.1. The minimum Gasteiger partial charge on any atom is -0.481 e. The molecule has 0 fully saturated rings. The Balaban J connectivity index is 0. The second-order valence-corrected chi connectivity index (χ2v) is 2.99. The number of hydrogen-bond acceptors (Lipinski definition) is 4. The molecule has 0 spiro atoms. The van der Waals surface area contributed by atoms with E-state index in [1.54, 1.807) is 6.92 Å². The van der Waals surface area contributed by atoms with Crippen molar-refractivity contribution in [2.24, 2.45) is 0 Å². The molecule has 0 bridgehead atoms. The topological polar surface area (TPSA) is 72.8 Å². The molecule has 0 heterocycles. The summed E-state index contributed by atoms with van der Waals surface area (Å²) in [6.45, 7) is 7.21. The lowest BCUT2D eigenvalue weighted by Gasteiger charge is -2.01. The molecule has 0 aromatic heterocycles. The Morgan fingerprint density at radius 1 is 1.31 bits per heavy atom. The van der Waals surface area contributed by atoms with Crippen LogP contribution in [0.5, 0.6) is 0 Å². The molecule has 0 saturated carbocycles. The summed E-state index contributed by atoms with van der Waals surface area (Å²) >= 11 is 0. The Bertz CT molecular complexity index is 222.